The minimum absolute atomic E-state index is 0.0559. The maximum absolute atomic E-state index is 13.6. The third-order valence-electron chi connectivity index (χ3n) is 5.53. The Bertz CT molecular complexity index is 1210. The van der Waals surface area contributed by atoms with Gasteiger partial charge in [0.25, 0.3) is 5.91 Å². The maximum atomic E-state index is 13.6. The summed E-state index contributed by atoms with van der Waals surface area (Å²) in [7, 11) is -3.48. The van der Waals surface area contributed by atoms with Gasteiger partial charge < -0.3 is 4.74 Å². The highest BCUT2D eigenvalue weighted by Gasteiger charge is 2.28. The van der Waals surface area contributed by atoms with Crippen LogP contribution in [0, 0.1) is 6.92 Å². The predicted molar refractivity (Wildman–Crippen MR) is 124 cm³/mol. The van der Waals surface area contributed by atoms with Crippen LogP contribution in [0.1, 0.15) is 42.6 Å². The average Bonchev–Trinajstić information content (AvgIpc) is 3.42. The highest BCUT2D eigenvalue weighted by molar-refractivity contribution is 7.92. The van der Waals surface area contributed by atoms with Gasteiger partial charge in [0.2, 0.25) is 0 Å². The molecule has 164 valence electrons. The second kappa shape index (κ2) is 8.68. The lowest BCUT2D eigenvalue weighted by Gasteiger charge is -2.23. The number of carbonyl (C=O) groups excluding carboxylic acids is 1. The van der Waals surface area contributed by atoms with E-state index in [0.29, 0.717) is 23.8 Å². The van der Waals surface area contributed by atoms with E-state index in [2.05, 4.69) is 0 Å². The summed E-state index contributed by atoms with van der Waals surface area (Å²) < 4.78 is 32.0. The highest BCUT2D eigenvalue weighted by atomic mass is 32.2. The van der Waals surface area contributed by atoms with Crippen LogP contribution in [-0.2, 0) is 14.6 Å². The topological polar surface area (TPSA) is 76.6 Å². The maximum Gasteiger partial charge on any atom is 0.260 e. The van der Waals surface area contributed by atoms with Crippen molar-refractivity contribution in [3.63, 3.8) is 0 Å². The average molecular weight is 459 g/mol. The minimum atomic E-state index is -3.48. The number of benzene rings is 2. The smallest absolute Gasteiger partial charge is 0.260 e. The molecule has 2 heterocycles. The minimum Gasteiger partial charge on any atom is -0.376 e. The molecular formula is C23H26N2O4S2. The van der Waals surface area contributed by atoms with Gasteiger partial charge in [0.1, 0.15) is 0 Å². The molecule has 8 heteroatoms. The number of fused-ring (bicyclic) bond motifs is 1. The van der Waals surface area contributed by atoms with Crippen LogP contribution in [-0.4, -0.2) is 43.8 Å². The Labute approximate surface area is 186 Å². The number of anilines is 1. The fraction of sp³-hybridized carbons (Fsp3) is 0.391. The van der Waals surface area contributed by atoms with Gasteiger partial charge in [-0.3, -0.25) is 9.69 Å². The van der Waals surface area contributed by atoms with Gasteiger partial charge in [-0.2, -0.15) is 0 Å². The van der Waals surface area contributed by atoms with Gasteiger partial charge >= 0.3 is 0 Å². The van der Waals surface area contributed by atoms with Crippen molar-refractivity contribution >= 4 is 42.4 Å². The molecule has 1 aliphatic rings. The third-order valence-corrected chi connectivity index (χ3v) is 8.72. The number of hydrogen-bond acceptors (Lipinski definition) is 6. The number of rotatable bonds is 6. The van der Waals surface area contributed by atoms with E-state index in [1.807, 2.05) is 25.1 Å². The SMILES string of the molecule is Cc1cccc2sc(N(CC3CCCO3)C(=O)c3cccc(S(=O)(=O)C(C)C)c3)nc12. The number of aryl methyl sites for hydroxylation is 1. The van der Waals surface area contributed by atoms with Crippen molar-refractivity contribution in [1.82, 2.24) is 4.98 Å². The van der Waals surface area contributed by atoms with Gasteiger partial charge in [0.15, 0.2) is 15.0 Å². The Morgan fingerprint density at radius 2 is 2.03 bits per heavy atom. The highest BCUT2D eigenvalue weighted by Crippen LogP contribution is 2.32. The molecule has 0 spiro atoms. The van der Waals surface area contributed by atoms with Crippen molar-refractivity contribution in [1.29, 1.82) is 0 Å². The molecule has 1 aromatic heterocycles. The molecular weight excluding hydrogens is 432 g/mol. The summed E-state index contributed by atoms with van der Waals surface area (Å²) in [6.45, 7) is 6.35. The third kappa shape index (κ3) is 4.37. The van der Waals surface area contributed by atoms with Crippen LogP contribution in [0.4, 0.5) is 5.13 Å². The second-order valence-corrected chi connectivity index (χ2v) is 11.6. The van der Waals surface area contributed by atoms with Crippen LogP contribution in [0.5, 0.6) is 0 Å². The Morgan fingerprint density at radius 1 is 1.26 bits per heavy atom. The Balaban J connectivity index is 1.74. The molecule has 0 radical (unpaired) electrons. The molecule has 2 aromatic carbocycles. The van der Waals surface area contributed by atoms with Crippen molar-refractivity contribution in [2.24, 2.45) is 0 Å². The Morgan fingerprint density at radius 3 is 2.71 bits per heavy atom. The molecule has 1 fully saturated rings. The number of amides is 1. The molecule has 1 amide bonds. The van der Waals surface area contributed by atoms with E-state index in [1.165, 1.54) is 23.5 Å². The first-order valence-electron chi connectivity index (χ1n) is 10.4. The van der Waals surface area contributed by atoms with Crippen LogP contribution >= 0.6 is 11.3 Å². The second-order valence-electron chi connectivity index (χ2n) is 8.09. The molecule has 31 heavy (non-hydrogen) atoms. The van der Waals surface area contributed by atoms with E-state index in [-0.39, 0.29) is 16.9 Å². The normalized spacial score (nSPS) is 16.8. The molecule has 1 saturated heterocycles. The quantitative estimate of drug-likeness (QED) is 0.539. The lowest BCUT2D eigenvalue weighted by atomic mass is 10.1. The molecule has 1 atom stereocenters. The fourth-order valence-electron chi connectivity index (χ4n) is 3.66. The fourth-order valence-corrected chi connectivity index (χ4v) is 5.82. The molecule has 1 unspecified atom stereocenters. The summed E-state index contributed by atoms with van der Waals surface area (Å²) in [6, 6.07) is 12.3. The van der Waals surface area contributed by atoms with Crippen molar-refractivity contribution in [3.05, 3.63) is 53.6 Å². The summed E-state index contributed by atoms with van der Waals surface area (Å²) in [4.78, 5) is 20.1. The van der Waals surface area contributed by atoms with E-state index >= 15 is 0 Å². The Hall–Kier alpha value is -2.29. The molecule has 0 aliphatic carbocycles. The van der Waals surface area contributed by atoms with E-state index in [1.54, 1.807) is 30.9 Å². The van der Waals surface area contributed by atoms with E-state index < -0.39 is 15.1 Å². The van der Waals surface area contributed by atoms with Gasteiger partial charge in [0, 0.05) is 12.2 Å². The summed E-state index contributed by atoms with van der Waals surface area (Å²) in [5, 5.41) is 0.0370. The lowest BCUT2D eigenvalue weighted by molar-refractivity contribution is 0.0917. The number of sulfone groups is 1. The number of aromatic nitrogens is 1. The number of nitrogens with zero attached hydrogens (tertiary/aromatic N) is 2. The molecule has 4 rings (SSSR count). The van der Waals surface area contributed by atoms with Gasteiger partial charge in [-0.25, -0.2) is 13.4 Å². The van der Waals surface area contributed by atoms with Crippen LogP contribution in [0.3, 0.4) is 0 Å². The summed E-state index contributed by atoms with van der Waals surface area (Å²) in [6.07, 6.45) is 1.79. The number of thiazole rings is 1. The zero-order chi connectivity index (χ0) is 22.2. The van der Waals surface area contributed by atoms with Crippen LogP contribution in [0.25, 0.3) is 10.2 Å². The first-order chi connectivity index (χ1) is 14.8. The van der Waals surface area contributed by atoms with Crippen LogP contribution < -0.4 is 4.90 Å². The van der Waals surface area contributed by atoms with Crippen LogP contribution in [0.15, 0.2) is 47.4 Å². The number of hydrogen-bond donors (Lipinski definition) is 0. The lowest BCUT2D eigenvalue weighted by Crippen LogP contribution is -2.37. The van der Waals surface area contributed by atoms with E-state index in [0.717, 1.165) is 28.6 Å². The monoisotopic (exact) mass is 458 g/mol. The predicted octanol–water partition coefficient (Wildman–Crippen LogP) is 4.61. The van der Waals surface area contributed by atoms with Crippen molar-refractivity contribution < 1.29 is 17.9 Å². The zero-order valence-corrected chi connectivity index (χ0v) is 19.5. The van der Waals surface area contributed by atoms with Crippen LogP contribution in [0.2, 0.25) is 0 Å². The van der Waals surface area contributed by atoms with Gasteiger partial charge in [-0.15, -0.1) is 0 Å². The molecule has 6 nitrogen and oxygen atoms in total. The van der Waals surface area contributed by atoms with Crippen molar-refractivity contribution in [2.45, 2.75) is 49.9 Å². The summed E-state index contributed by atoms with van der Waals surface area (Å²) in [5.74, 6) is -0.270. The summed E-state index contributed by atoms with van der Waals surface area (Å²) >= 11 is 1.46. The van der Waals surface area contributed by atoms with Gasteiger partial charge in [-0.1, -0.05) is 29.5 Å². The molecule has 3 aromatic rings. The zero-order valence-electron chi connectivity index (χ0n) is 17.9. The summed E-state index contributed by atoms with van der Waals surface area (Å²) in [5.41, 5.74) is 2.26. The van der Waals surface area contributed by atoms with E-state index in [9.17, 15) is 13.2 Å². The first-order valence-corrected chi connectivity index (χ1v) is 12.8. The molecule has 0 N–H and O–H groups in total. The van der Waals surface area contributed by atoms with Gasteiger partial charge in [-0.05, 0) is 63.4 Å². The standard InChI is InChI=1S/C23H26N2O4S2/c1-15(2)31(27,28)19-10-5-8-17(13-19)22(26)25(14-18-9-6-12-29-18)23-24-21-16(3)7-4-11-20(21)30-23/h4-5,7-8,10-11,13,15,18H,6,9,12,14H2,1-3H3. The van der Waals surface area contributed by atoms with Crippen molar-refractivity contribution in [2.75, 3.05) is 18.1 Å². The largest absolute Gasteiger partial charge is 0.376 e. The molecule has 0 bridgehead atoms. The first kappa shape index (κ1) is 21.9. The van der Waals surface area contributed by atoms with Crippen molar-refractivity contribution in [3.8, 4) is 0 Å². The molecule has 1 aliphatic heterocycles. The Kier molecular flexibility index (Phi) is 6.14. The number of carbonyl (C=O) groups is 1. The number of para-hydroxylation sites is 1. The molecule has 0 saturated carbocycles. The number of ether oxygens (including phenoxy) is 1. The van der Waals surface area contributed by atoms with E-state index in [4.69, 9.17) is 9.72 Å². The van der Waals surface area contributed by atoms with Gasteiger partial charge in [0.05, 0.1) is 33.0 Å².